The van der Waals surface area contributed by atoms with E-state index in [1.807, 2.05) is 32.0 Å². The van der Waals surface area contributed by atoms with Gasteiger partial charge in [0, 0.05) is 39.3 Å². The molecule has 0 bridgehead atoms. The predicted octanol–water partition coefficient (Wildman–Crippen LogP) is 3.05. The normalized spacial score (nSPS) is 9.54. The molecule has 0 saturated heterocycles. The summed E-state index contributed by atoms with van der Waals surface area (Å²) < 4.78 is 0. The summed E-state index contributed by atoms with van der Waals surface area (Å²) in [5.74, 6) is 0.521. The van der Waals surface area contributed by atoms with E-state index in [0.717, 1.165) is 23.1 Å². The number of anilines is 1. The number of phenols is 1. The molecule has 7 nitrogen and oxygen atoms in total. The highest BCUT2D eigenvalue weighted by molar-refractivity contribution is 5.81. The molecule has 0 saturated carbocycles. The molecule has 0 aromatic heterocycles. The quantitative estimate of drug-likeness (QED) is 0.559. The van der Waals surface area contributed by atoms with Crippen LogP contribution in [0.4, 0.5) is 5.69 Å². The third-order valence-corrected chi connectivity index (χ3v) is 3.90. The third-order valence-electron chi connectivity index (χ3n) is 3.90. The summed E-state index contributed by atoms with van der Waals surface area (Å²) >= 11 is 0. The summed E-state index contributed by atoms with van der Waals surface area (Å²) in [4.78, 5) is 28.1. The largest absolute Gasteiger partial charge is 0.507 e. The van der Waals surface area contributed by atoms with Crippen molar-refractivity contribution in [3.8, 4) is 17.6 Å². The molecule has 0 radical (unpaired) electrons. The first-order valence-electron chi connectivity index (χ1n) is 8.62. The van der Waals surface area contributed by atoms with Crippen molar-refractivity contribution in [3.05, 3.63) is 52.6 Å². The zero-order chi connectivity index (χ0) is 21.1. The van der Waals surface area contributed by atoms with Crippen molar-refractivity contribution in [1.29, 1.82) is 5.26 Å². The average Bonchev–Trinajstić information content (AvgIpc) is 2.68. The van der Waals surface area contributed by atoms with Crippen LogP contribution in [-0.2, 0) is 6.42 Å². The minimum Gasteiger partial charge on any atom is -0.507 e. The third kappa shape index (κ3) is 6.41. The van der Waals surface area contributed by atoms with Gasteiger partial charge in [-0.15, -0.1) is 0 Å². The van der Waals surface area contributed by atoms with E-state index in [1.54, 1.807) is 31.3 Å². The maximum atomic E-state index is 10.7. The molecule has 2 rings (SSSR count). The highest BCUT2D eigenvalue weighted by Crippen LogP contribution is 2.26. The summed E-state index contributed by atoms with van der Waals surface area (Å²) in [6.07, 6.45) is 2.51. The lowest BCUT2D eigenvalue weighted by atomic mass is 10.1. The van der Waals surface area contributed by atoms with Crippen molar-refractivity contribution in [3.63, 3.8) is 0 Å². The SMILES string of the molecule is CNOc1cc(CCC#N)ccc1C=O.Cc1cc(C=O)c(O)cc1N(C)C. The lowest BCUT2D eigenvalue weighted by Gasteiger charge is -2.16. The monoisotopic (exact) mass is 383 g/mol. The van der Waals surface area contributed by atoms with Gasteiger partial charge in [0.05, 0.1) is 17.2 Å². The number of nitrogens with one attached hydrogen (secondary N) is 1. The van der Waals surface area contributed by atoms with Gasteiger partial charge in [-0.2, -0.15) is 10.7 Å². The first kappa shape index (κ1) is 22.7. The molecular weight excluding hydrogens is 358 g/mol. The molecule has 0 aliphatic carbocycles. The lowest BCUT2D eigenvalue weighted by molar-refractivity contribution is 0.111. The van der Waals surface area contributed by atoms with Crippen molar-refractivity contribution in [2.24, 2.45) is 0 Å². The fourth-order valence-electron chi connectivity index (χ4n) is 2.51. The van der Waals surface area contributed by atoms with E-state index in [0.29, 0.717) is 36.0 Å². The van der Waals surface area contributed by atoms with Gasteiger partial charge in [0.15, 0.2) is 18.3 Å². The molecule has 28 heavy (non-hydrogen) atoms. The Morgan fingerprint density at radius 3 is 2.39 bits per heavy atom. The molecule has 7 heteroatoms. The Morgan fingerprint density at radius 1 is 1.18 bits per heavy atom. The van der Waals surface area contributed by atoms with Crippen LogP contribution in [0.15, 0.2) is 30.3 Å². The lowest BCUT2D eigenvalue weighted by Crippen LogP contribution is -2.12. The zero-order valence-corrected chi connectivity index (χ0v) is 16.5. The second-order valence-electron chi connectivity index (χ2n) is 6.16. The van der Waals surface area contributed by atoms with Gasteiger partial charge in [-0.3, -0.25) is 9.59 Å². The van der Waals surface area contributed by atoms with Crippen LogP contribution in [0.2, 0.25) is 0 Å². The molecule has 0 spiro atoms. The van der Waals surface area contributed by atoms with Crippen molar-refractivity contribution in [2.75, 3.05) is 26.0 Å². The summed E-state index contributed by atoms with van der Waals surface area (Å²) in [5, 5.41) is 17.9. The molecular formula is C21H25N3O4. The first-order chi connectivity index (χ1) is 13.4. The number of nitriles is 1. The van der Waals surface area contributed by atoms with Gasteiger partial charge in [-0.05, 0) is 42.7 Å². The molecule has 2 aromatic rings. The number of nitrogens with zero attached hydrogens (tertiary/aromatic N) is 2. The Morgan fingerprint density at radius 2 is 1.86 bits per heavy atom. The minimum atomic E-state index is 0.0318. The summed E-state index contributed by atoms with van der Waals surface area (Å²) in [7, 11) is 5.40. The van der Waals surface area contributed by atoms with Gasteiger partial charge in [0.2, 0.25) is 0 Å². The van der Waals surface area contributed by atoms with Crippen LogP contribution in [0.25, 0.3) is 0 Å². The van der Waals surface area contributed by atoms with Gasteiger partial charge in [-0.1, -0.05) is 6.07 Å². The highest BCUT2D eigenvalue weighted by Gasteiger charge is 2.07. The Labute approximate surface area is 165 Å². The van der Waals surface area contributed by atoms with Crippen molar-refractivity contribution in [1.82, 2.24) is 5.48 Å². The number of carbonyl (C=O) groups is 2. The van der Waals surface area contributed by atoms with Crippen molar-refractivity contribution in [2.45, 2.75) is 19.8 Å². The Kier molecular flexibility index (Phi) is 9.20. The van der Waals surface area contributed by atoms with E-state index in [-0.39, 0.29) is 5.75 Å². The van der Waals surface area contributed by atoms with Gasteiger partial charge in [0.25, 0.3) is 0 Å². The van der Waals surface area contributed by atoms with Crippen LogP contribution in [-0.4, -0.2) is 38.8 Å². The number of aldehydes is 2. The van der Waals surface area contributed by atoms with Gasteiger partial charge >= 0.3 is 0 Å². The first-order valence-corrected chi connectivity index (χ1v) is 8.62. The summed E-state index contributed by atoms with van der Waals surface area (Å²) in [6.45, 7) is 1.90. The zero-order valence-electron chi connectivity index (χ0n) is 16.5. The molecule has 0 aliphatic heterocycles. The molecule has 2 N–H and O–H groups in total. The number of aromatic hydroxyl groups is 1. The standard InChI is InChI=1S/C11H12N2O2.C10H13NO2/c1-13-15-11-7-9(3-2-6-12)4-5-10(11)8-14;1-7-4-8(6-12)10(13)5-9(7)11(2)3/h4-5,7-8,13H,2-3H2,1H3;4-6,13H,1-3H3. The fraction of sp³-hybridized carbons (Fsp3) is 0.286. The molecule has 0 aliphatic rings. The van der Waals surface area contributed by atoms with Crippen LogP contribution >= 0.6 is 0 Å². The van der Waals surface area contributed by atoms with E-state index < -0.39 is 0 Å². The Bertz CT molecular complexity index is 857. The number of carbonyl (C=O) groups excluding carboxylic acids is 2. The molecule has 0 heterocycles. The number of hydroxylamine groups is 1. The Balaban J connectivity index is 0.000000283. The topological polar surface area (TPSA) is 103 Å². The van der Waals surface area contributed by atoms with E-state index in [1.165, 1.54) is 0 Å². The van der Waals surface area contributed by atoms with Crippen molar-refractivity contribution < 1.29 is 19.5 Å². The molecule has 0 unspecified atom stereocenters. The van der Waals surface area contributed by atoms with Gasteiger partial charge < -0.3 is 14.8 Å². The van der Waals surface area contributed by atoms with E-state index in [2.05, 4.69) is 11.5 Å². The van der Waals surface area contributed by atoms with Crippen molar-refractivity contribution >= 4 is 18.3 Å². The van der Waals surface area contributed by atoms with E-state index in [9.17, 15) is 14.7 Å². The second-order valence-corrected chi connectivity index (χ2v) is 6.16. The summed E-state index contributed by atoms with van der Waals surface area (Å²) in [6, 6.07) is 10.6. The number of phenolic OH excluding ortho intramolecular Hbond substituents is 1. The number of hydrogen-bond acceptors (Lipinski definition) is 7. The fourth-order valence-corrected chi connectivity index (χ4v) is 2.51. The molecule has 148 valence electrons. The smallest absolute Gasteiger partial charge is 0.157 e. The van der Waals surface area contributed by atoms with Gasteiger partial charge in [0.1, 0.15) is 5.75 Å². The van der Waals surface area contributed by atoms with Crippen LogP contribution in [0.3, 0.4) is 0 Å². The van der Waals surface area contributed by atoms with Gasteiger partial charge in [-0.25, -0.2) is 0 Å². The number of hydrogen-bond donors (Lipinski definition) is 2. The van der Waals surface area contributed by atoms with Crippen LogP contribution < -0.4 is 15.2 Å². The summed E-state index contributed by atoms with van der Waals surface area (Å²) in [5.41, 5.74) is 6.22. The molecule has 0 fully saturated rings. The number of aryl methyl sites for hydroxylation is 2. The maximum Gasteiger partial charge on any atom is 0.157 e. The highest BCUT2D eigenvalue weighted by atomic mass is 16.6. The maximum absolute atomic E-state index is 10.7. The predicted molar refractivity (Wildman–Crippen MR) is 108 cm³/mol. The van der Waals surface area contributed by atoms with E-state index >= 15 is 0 Å². The van der Waals surface area contributed by atoms with Crippen LogP contribution in [0.5, 0.6) is 11.5 Å². The minimum absolute atomic E-state index is 0.0318. The van der Waals surface area contributed by atoms with Crippen LogP contribution in [0.1, 0.15) is 38.3 Å². The number of benzene rings is 2. The Hall–Kier alpha value is -3.37. The average molecular weight is 383 g/mol. The van der Waals surface area contributed by atoms with Crippen LogP contribution in [0, 0.1) is 18.3 Å². The molecule has 2 aromatic carbocycles. The van der Waals surface area contributed by atoms with E-state index in [4.69, 9.17) is 10.1 Å². The number of rotatable bonds is 7. The molecule has 0 atom stereocenters. The second kappa shape index (κ2) is 11.4. The molecule has 0 amide bonds.